The number of nitrogens with zero attached hydrogens (tertiary/aromatic N) is 3. The Kier molecular flexibility index (Phi) is 3.93. The van der Waals surface area contributed by atoms with Crippen molar-refractivity contribution in [1.82, 2.24) is 9.80 Å². The van der Waals surface area contributed by atoms with E-state index in [9.17, 15) is 0 Å². The summed E-state index contributed by atoms with van der Waals surface area (Å²) in [6.45, 7) is 4.45. The number of piperidine rings is 1. The molecule has 2 atom stereocenters. The predicted octanol–water partition coefficient (Wildman–Crippen LogP) is 2.19. The molecule has 1 aliphatic carbocycles. The SMILES string of the molecule is CC1CC2(CCN1C)CN=C(N)N2C1CCCCCC1. The van der Waals surface area contributed by atoms with E-state index in [1.807, 2.05) is 0 Å². The lowest BCUT2D eigenvalue weighted by atomic mass is 9.81. The molecule has 114 valence electrons. The van der Waals surface area contributed by atoms with Gasteiger partial charge in [0.1, 0.15) is 0 Å². The minimum absolute atomic E-state index is 0.227. The molecule has 2 heterocycles. The summed E-state index contributed by atoms with van der Waals surface area (Å²) in [5.41, 5.74) is 6.54. The van der Waals surface area contributed by atoms with E-state index in [0.29, 0.717) is 12.1 Å². The molecule has 20 heavy (non-hydrogen) atoms. The second-order valence-corrected chi connectivity index (χ2v) is 7.20. The highest BCUT2D eigenvalue weighted by molar-refractivity contribution is 5.81. The minimum Gasteiger partial charge on any atom is -0.370 e. The molecule has 2 aliphatic heterocycles. The molecule has 2 unspecified atom stereocenters. The number of guanidine groups is 1. The van der Waals surface area contributed by atoms with Crippen LogP contribution in [0, 0.1) is 0 Å². The summed E-state index contributed by atoms with van der Waals surface area (Å²) in [7, 11) is 2.24. The zero-order valence-corrected chi connectivity index (χ0v) is 13.1. The average molecular weight is 278 g/mol. The monoisotopic (exact) mass is 278 g/mol. The van der Waals surface area contributed by atoms with Crippen molar-refractivity contribution in [2.24, 2.45) is 10.7 Å². The van der Waals surface area contributed by atoms with Crippen LogP contribution in [-0.4, -0.2) is 53.5 Å². The summed E-state index contributed by atoms with van der Waals surface area (Å²) in [6.07, 6.45) is 10.6. The van der Waals surface area contributed by atoms with Crippen molar-refractivity contribution in [2.75, 3.05) is 20.1 Å². The maximum absolute atomic E-state index is 6.31. The molecule has 0 radical (unpaired) electrons. The fourth-order valence-electron chi connectivity index (χ4n) is 4.49. The molecule has 1 spiro atoms. The zero-order chi connectivity index (χ0) is 14.2. The Balaban J connectivity index is 1.80. The highest BCUT2D eigenvalue weighted by Gasteiger charge is 2.48. The van der Waals surface area contributed by atoms with Crippen molar-refractivity contribution in [2.45, 2.75) is 75.9 Å². The molecule has 1 saturated heterocycles. The lowest BCUT2D eigenvalue weighted by Gasteiger charge is -2.50. The number of rotatable bonds is 1. The first-order valence-corrected chi connectivity index (χ1v) is 8.42. The van der Waals surface area contributed by atoms with Gasteiger partial charge in [-0.3, -0.25) is 4.99 Å². The topological polar surface area (TPSA) is 44.9 Å². The fraction of sp³-hybridized carbons (Fsp3) is 0.938. The maximum atomic E-state index is 6.31. The lowest BCUT2D eigenvalue weighted by molar-refractivity contribution is 0.0384. The Labute approximate surface area is 123 Å². The summed E-state index contributed by atoms with van der Waals surface area (Å²) >= 11 is 0. The molecule has 3 rings (SSSR count). The number of hydrogen-bond donors (Lipinski definition) is 1. The van der Waals surface area contributed by atoms with E-state index in [-0.39, 0.29) is 5.54 Å². The lowest BCUT2D eigenvalue weighted by Crippen LogP contribution is -2.61. The van der Waals surface area contributed by atoms with Gasteiger partial charge in [-0.2, -0.15) is 0 Å². The second-order valence-electron chi connectivity index (χ2n) is 7.20. The highest BCUT2D eigenvalue weighted by atomic mass is 15.4. The molecule has 0 aromatic carbocycles. The molecular weight excluding hydrogens is 248 g/mol. The summed E-state index contributed by atoms with van der Waals surface area (Å²) in [4.78, 5) is 9.70. The predicted molar refractivity (Wildman–Crippen MR) is 83.9 cm³/mol. The van der Waals surface area contributed by atoms with Crippen LogP contribution in [0.15, 0.2) is 4.99 Å². The van der Waals surface area contributed by atoms with Crippen molar-refractivity contribution in [3.05, 3.63) is 0 Å². The van der Waals surface area contributed by atoms with E-state index >= 15 is 0 Å². The van der Waals surface area contributed by atoms with Gasteiger partial charge in [0.15, 0.2) is 5.96 Å². The molecule has 4 nitrogen and oxygen atoms in total. The van der Waals surface area contributed by atoms with Gasteiger partial charge in [-0.1, -0.05) is 25.7 Å². The number of aliphatic imine (C=N–C) groups is 1. The second kappa shape index (κ2) is 5.55. The van der Waals surface area contributed by atoms with Gasteiger partial charge in [-0.05, 0) is 39.7 Å². The van der Waals surface area contributed by atoms with Crippen molar-refractivity contribution in [3.63, 3.8) is 0 Å². The number of nitrogens with two attached hydrogens (primary N) is 1. The van der Waals surface area contributed by atoms with Crippen molar-refractivity contribution in [3.8, 4) is 0 Å². The molecule has 2 N–H and O–H groups in total. The Morgan fingerprint density at radius 1 is 1.20 bits per heavy atom. The van der Waals surface area contributed by atoms with Gasteiger partial charge in [0.2, 0.25) is 0 Å². The minimum atomic E-state index is 0.227. The van der Waals surface area contributed by atoms with E-state index in [1.54, 1.807) is 0 Å². The number of hydrogen-bond acceptors (Lipinski definition) is 4. The van der Waals surface area contributed by atoms with Crippen molar-refractivity contribution >= 4 is 5.96 Å². The third kappa shape index (κ3) is 2.43. The third-order valence-electron chi connectivity index (χ3n) is 5.84. The molecule has 0 amide bonds. The normalized spacial score (nSPS) is 37.2. The van der Waals surface area contributed by atoms with Gasteiger partial charge in [-0.25, -0.2) is 0 Å². The van der Waals surface area contributed by atoms with Crippen LogP contribution < -0.4 is 5.73 Å². The van der Waals surface area contributed by atoms with Gasteiger partial charge >= 0.3 is 0 Å². The Morgan fingerprint density at radius 2 is 1.90 bits per heavy atom. The summed E-state index contributed by atoms with van der Waals surface area (Å²) in [6, 6.07) is 1.28. The first-order valence-electron chi connectivity index (χ1n) is 8.42. The highest BCUT2D eigenvalue weighted by Crippen LogP contribution is 2.39. The van der Waals surface area contributed by atoms with Crippen molar-refractivity contribution in [1.29, 1.82) is 0 Å². The molecule has 0 bridgehead atoms. The standard InChI is InChI=1S/C16H30N4/c1-13-11-16(9-10-19(13)2)12-18-15(17)20(16)14-7-5-3-4-6-8-14/h13-14H,3-12H2,1-2H3,(H2,17,18). The van der Waals surface area contributed by atoms with E-state index in [4.69, 9.17) is 5.73 Å². The quantitative estimate of drug-likeness (QED) is 0.748. The van der Waals surface area contributed by atoms with Gasteiger partial charge < -0.3 is 15.5 Å². The molecular formula is C16H30N4. The first-order chi connectivity index (χ1) is 9.62. The molecule has 3 aliphatic rings. The molecule has 0 aromatic heterocycles. The number of likely N-dealkylation sites (tertiary alicyclic amines) is 1. The van der Waals surface area contributed by atoms with Crippen LogP contribution >= 0.6 is 0 Å². The van der Waals surface area contributed by atoms with E-state index in [0.717, 1.165) is 12.5 Å². The van der Waals surface area contributed by atoms with Crippen LogP contribution in [0.4, 0.5) is 0 Å². The summed E-state index contributed by atoms with van der Waals surface area (Å²) in [5.74, 6) is 0.827. The fourth-order valence-corrected chi connectivity index (χ4v) is 4.49. The average Bonchev–Trinajstić information content (AvgIpc) is 2.62. The summed E-state index contributed by atoms with van der Waals surface area (Å²) in [5, 5.41) is 0. The van der Waals surface area contributed by atoms with Gasteiger partial charge in [-0.15, -0.1) is 0 Å². The Morgan fingerprint density at radius 3 is 2.55 bits per heavy atom. The molecule has 4 heteroatoms. The Hall–Kier alpha value is -0.770. The maximum Gasteiger partial charge on any atom is 0.192 e. The molecule has 2 fully saturated rings. The van der Waals surface area contributed by atoms with Crippen molar-refractivity contribution < 1.29 is 0 Å². The van der Waals surface area contributed by atoms with Gasteiger partial charge in [0, 0.05) is 18.6 Å². The van der Waals surface area contributed by atoms with Gasteiger partial charge in [0.25, 0.3) is 0 Å². The van der Waals surface area contributed by atoms with Crippen LogP contribution in [0.5, 0.6) is 0 Å². The first kappa shape index (κ1) is 14.2. The van der Waals surface area contributed by atoms with Crippen LogP contribution in [-0.2, 0) is 0 Å². The van der Waals surface area contributed by atoms with Gasteiger partial charge in [0.05, 0.1) is 12.1 Å². The smallest absolute Gasteiger partial charge is 0.192 e. The van der Waals surface area contributed by atoms with Crippen LogP contribution in [0.3, 0.4) is 0 Å². The summed E-state index contributed by atoms with van der Waals surface area (Å²) < 4.78 is 0. The van der Waals surface area contributed by atoms with Crippen LogP contribution in [0.25, 0.3) is 0 Å². The van der Waals surface area contributed by atoms with E-state index in [2.05, 4.69) is 28.8 Å². The van der Waals surface area contributed by atoms with E-state index in [1.165, 1.54) is 57.9 Å². The molecule has 0 aromatic rings. The van der Waals surface area contributed by atoms with Crippen LogP contribution in [0.2, 0.25) is 0 Å². The Bertz CT molecular complexity index is 373. The largest absolute Gasteiger partial charge is 0.370 e. The van der Waals surface area contributed by atoms with E-state index < -0.39 is 0 Å². The zero-order valence-electron chi connectivity index (χ0n) is 13.1. The third-order valence-corrected chi connectivity index (χ3v) is 5.84. The molecule has 1 saturated carbocycles. The van der Waals surface area contributed by atoms with Crippen LogP contribution in [0.1, 0.15) is 58.3 Å².